The molecular formula is C13H16F3NO. The monoisotopic (exact) mass is 259 g/mol. The third kappa shape index (κ3) is 3.23. The Morgan fingerprint density at radius 3 is 2.50 bits per heavy atom. The van der Waals surface area contributed by atoms with Crippen LogP contribution in [0.4, 0.5) is 13.2 Å². The molecular weight excluding hydrogens is 243 g/mol. The van der Waals surface area contributed by atoms with Crippen LogP contribution in [0.1, 0.15) is 24.0 Å². The maximum atomic E-state index is 12.6. The molecule has 1 aliphatic heterocycles. The van der Waals surface area contributed by atoms with Gasteiger partial charge >= 0.3 is 6.18 Å². The number of aliphatic hydroxyl groups is 1. The molecule has 0 spiro atoms. The predicted molar refractivity (Wildman–Crippen MR) is 62.2 cm³/mol. The van der Waals surface area contributed by atoms with Crippen LogP contribution < -0.4 is 5.32 Å². The zero-order chi connectivity index (χ0) is 13.2. The minimum Gasteiger partial charge on any atom is -0.389 e. The summed E-state index contributed by atoms with van der Waals surface area (Å²) in [7, 11) is 0. The lowest BCUT2D eigenvalue weighted by molar-refractivity contribution is -0.137. The van der Waals surface area contributed by atoms with Gasteiger partial charge in [-0.1, -0.05) is 18.2 Å². The van der Waals surface area contributed by atoms with Crippen molar-refractivity contribution in [3.8, 4) is 0 Å². The van der Waals surface area contributed by atoms with Gasteiger partial charge in [0.2, 0.25) is 0 Å². The molecule has 0 atom stereocenters. The largest absolute Gasteiger partial charge is 0.416 e. The summed E-state index contributed by atoms with van der Waals surface area (Å²) in [4.78, 5) is 0. The Morgan fingerprint density at radius 2 is 1.89 bits per heavy atom. The fourth-order valence-corrected chi connectivity index (χ4v) is 2.31. The van der Waals surface area contributed by atoms with Crippen LogP contribution in [0, 0.1) is 0 Å². The van der Waals surface area contributed by atoms with Gasteiger partial charge in [-0.25, -0.2) is 0 Å². The summed E-state index contributed by atoms with van der Waals surface area (Å²) in [5.41, 5.74) is -0.998. The summed E-state index contributed by atoms with van der Waals surface area (Å²) < 4.78 is 37.7. The lowest BCUT2D eigenvalue weighted by Crippen LogP contribution is -2.43. The Labute approximate surface area is 104 Å². The van der Waals surface area contributed by atoms with Crippen molar-refractivity contribution in [2.45, 2.75) is 31.0 Å². The van der Waals surface area contributed by atoms with Crippen molar-refractivity contribution in [2.75, 3.05) is 13.1 Å². The SMILES string of the molecule is OC1(Cc2cccc(C(F)(F)F)c2)CCNCC1. The van der Waals surface area contributed by atoms with Gasteiger partial charge in [-0.3, -0.25) is 0 Å². The van der Waals surface area contributed by atoms with Crippen molar-refractivity contribution in [3.05, 3.63) is 35.4 Å². The second-order valence-electron chi connectivity index (χ2n) is 4.85. The number of piperidine rings is 1. The fourth-order valence-electron chi connectivity index (χ4n) is 2.31. The van der Waals surface area contributed by atoms with Crippen molar-refractivity contribution in [3.63, 3.8) is 0 Å². The molecule has 0 radical (unpaired) electrons. The van der Waals surface area contributed by atoms with E-state index in [9.17, 15) is 18.3 Å². The van der Waals surface area contributed by atoms with E-state index < -0.39 is 17.3 Å². The molecule has 1 aromatic rings. The first-order valence-corrected chi connectivity index (χ1v) is 5.98. The van der Waals surface area contributed by atoms with Crippen LogP contribution in [0.15, 0.2) is 24.3 Å². The minimum absolute atomic E-state index is 0.276. The van der Waals surface area contributed by atoms with Crippen LogP contribution in [0.25, 0.3) is 0 Å². The Bertz CT molecular complexity index is 411. The Hall–Kier alpha value is -1.07. The number of halogens is 3. The first-order valence-electron chi connectivity index (χ1n) is 5.98. The zero-order valence-electron chi connectivity index (χ0n) is 9.93. The van der Waals surface area contributed by atoms with Gasteiger partial charge in [-0.05, 0) is 37.6 Å². The van der Waals surface area contributed by atoms with E-state index >= 15 is 0 Å². The number of alkyl halides is 3. The maximum Gasteiger partial charge on any atom is 0.416 e. The van der Waals surface area contributed by atoms with Crippen molar-refractivity contribution in [1.29, 1.82) is 0 Å². The summed E-state index contributed by atoms with van der Waals surface area (Å²) >= 11 is 0. The second-order valence-corrected chi connectivity index (χ2v) is 4.85. The average molecular weight is 259 g/mol. The van der Waals surface area contributed by atoms with Crippen LogP contribution in [-0.2, 0) is 12.6 Å². The lowest BCUT2D eigenvalue weighted by atomic mass is 9.86. The lowest BCUT2D eigenvalue weighted by Gasteiger charge is -2.32. The van der Waals surface area contributed by atoms with Crippen LogP contribution in [0.3, 0.4) is 0 Å². The highest BCUT2D eigenvalue weighted by Crippen LogP contribution is 2.31. The van der Waals surface area contributed by atoms with E-state index in [1.54, 1.807) is 6.07 Å². The van der Waals surface area contributed by atoms with Gasteiger partial charge in [-0.15, -0.1) is 0 Å². The van der Waals surface area contributed by atoms with E-state index in [-0.39, 0.29) is 6.42 Å². The molecule has 1 fully saturated rings. The summed E-state index contributed by atoms with van der Waals surface area (Å²) in [5.74, 6) is 0. The van der Waals surface area contributed by atoms with Gasteiger partial charge in [0.25, 0.3) is 0 Å². The van der Waals surface area contributed by atoms with Gasteiger partial charge in [-0.2, -0.15) is 13.2 Å². The van der Waals surface area contributed by atoms with Crippen LogP contribution in [0.5, 0.6) is 0 Å². The molecule has 2 nitrogen and oxygen atoms in total. The number of hydrogen-bond acceptors (Lipinski definition) is 2. The third-order valence-electron chi connectivity index (χ3n) is 3.32. The van der Waals surface area contributed by atoms with Crippen molar-refractivity contribution < 1.29 is 18.3 Å². The molecule has 0 saturated carbocycles. The van der Waals surface area contributed by atoms with E-state index in [2.05, 4.69) is 5.32 Å². The molecule has 0 bridgehead atoms. The van der Waals surface area contributed by atoms with E-state index in [1.165, 1.54) is 6.07 Å². The van der Waals surface area contributed by atoms with Gasteiger partial charge < -0.3 is 10.4 Å². The summed E-state index contributed by atoms with van der Waals surface area (Å²) in [6.45, 7) is 1.41. The Balaban J connectivity index is 2.14. The highest BCUT2D eigenvalue weighted by molar-refractivity contribution is 5.27. The standard InChI is InChI=1S/C13H16F3NO/c14-13(15,16)11-3-1-2-10(8-11)9-12(18)4-6-17-7-5-12/h1-3,8,17-18H,4-7,9H2. The molecule has 0 aliphatic carbocycles. The van der Waals surface area contributed by atoms with E-state index in [0.717, 1.165) is 12.1 Å². The van der Waals surface area contributed by atoms with Gasteiger partial charge in [0.05, 0.1) is 11.2 Å². The Morgan fingerprint density at radius 1 is 1.22 bits per heavy atom. The minimum atomic E-state index is -4.33. The molecule has 1 aliphatic rings. The van der Waals surface area contributed by atoms with E-state index in [1.807, 2.05) is 0 Å². The maximum absolute atomic E-state index is 12.6. The molecule has 100 valence electrons. The molecule has 0 unspecified atom stereocenters. The molecule has 5 heteroatoms. The quantitative estimate of drug-likeness (QED) is 0.854. The predicted octanol–water partition coefficient (Wildman–Crippen LogP) is 2.36. The smallest absolute Gasteiger partial charge is 0.389 e. The van der Waals surface area contributed by atoms with Gasteiger partial charge in [0, 0.05) is 6.42 Å². The van der Waals surface area contributed by atoms with E-state index in [0.29, 0.717) is 31.5 Å². The van der Waals surface area contributed by atoms with Crippen LogP contribution in [0.2, 0.25) is 0 Å². The first-order chi connectivity index (χ1) is 8.39. The molecule has 1 heterocycles. The molecule has 18 heavy (non-hydrogen) atoms. The number of hydrogen-bond donors (Lipinski definition) is 2. The third-order valence-corrected chi connectivity index (χ3v) is 3.32. The number of rotatable bonds is 2. The summed E-state index contributed by atoms with van der Waals surface area (Å²) in [6.07, 6.45) is -2.90. The zero-order valence-corrected chi connectivity index (χ0v) is 9.93. The first kappa shape index (κ1) is 13.4. The molecule has 0 aromatic heterocycles. The average Bonchev–Trinajstić information content (AvgIpc) is 2.28. The molecule has 2 N–H and O–H groups in total. The van der Waals surface area contributed by atoms with Crippen LogP contribution in [-0.4, -0.2) is 23.8 Å². The van der Waals surface area contributed by atoms with Crippen molar-refractivity contribution in [2.24, 2.45) is 0 Å². The normalized spacial score (nSPS) is 19.8. The Kier molecular flexibility index (Phi) is 3.64. The highest BCUT2D eigenvalue weighted by Gasteiger charge is 2.32. The second kappa shape index (κ2) is 4.90. The van der Waals surface area contributed by atoms with Gasteiger partial charge in [0.1, 0.15) is 0 Å². The summed E-state index contributed by atoms with van der Waals surface area (Å²) in [5, 5.41) is 13.4. The highest BCUT2D eigenvalue weighted by atomic mass is 19.4. The molecule has 1 aromatic carbocycles. The van der Waals surface area contributed by atoms with Crippen molar-refractivity contribution >= 4 is 0 Å². The fraction of sp³-hybridized carbons (Fsp3) is 0.538. The topological polar surface area (TPSA) is 32.3 Å². The summed E-state index contributed by atoms with van der Waals surface area (Å²) in [6, 6.07) is 5.20. The van der Waals surface area contributed by atoms with Gasteiger partial charge in [0.15, 0.2) is 0 Å². The molecule has 1 saturated heterocycles. The van der Waals surface area contributed by atoms with Crippen LogP contribution >= 0.6 is 0 Å². The molecule has 2 rings (SSSR count). The van der Waals surface area contributed by atoms with Crippen molar-refractivity contribution in [1.82, 2.24) is 5.32 Å². The van der Waals surface area contributed by atoms with E-state index in [4.69, 9.17) is 0 Å². The molecule has 0 amide bonds. The number of benzene rings is 1. The number of nitrogens with one attached hydrogen (secondary N) is 1.